The van der Waals surface area contributed by atoms with Crippen molar-refractivity contribution in [1.82, 2.24) is 0 Å². The lowest BCUT2D eigenvalue weighted by molar-refractivity contribution is -0.137. The predicted octanol–water partition coefficient (Wildman–Crippen LogP) is 4.46. The average molecular weight is 283 g/mol. The van der Waals surface area contributed by atoms with E-state index in [0.717, 1.165) is 6.07 Å². The molecule has 98 valence electrons. The molecule has 0 N–H and O–H groups in total. The van der Waals surface area contributed by atoms with Crippen molar-refractivity contribution >= 4 is 11.8 Å². The smallest absolute Gasteiger partial charge is 0.417 e. The third kappa shape index (κ3) is 3.32. The van der Waals surface area contributed by atoms with Crippen molar-refractivity contribution in [1.29, 1.82) is 5.26 Å². The van der Waals surface area contributed by atoms with Crippen molar-refractivity contribution in [2.24, 2.45) is 0 Å². The second-order valence-corrected chi connectivity index (χ2v) is 4.73. The highest BCUT2D eigenvalue weighted by Gasteiger charge is 2.33. The fraction of sp³-hybridized carbons (Fsp3) is 0.154. The Labute approximate surface area is 111 Å². The zero-order valence-corrected chi connectivity index (χ0v) is 10.4. The van der Waals surface area contributed by atoms with Crippen molar-refractivity contribution in [2.45, 2.75) is 16.8 Å². The maximum absolute atomic E-state index is 12.8. The van der Waals surface area contributed by atoms with Gasteiger partial charge in [-0.2, -0.15) is 18.4 Å². The van der Waals surface area contributed by atoms with E-state index in [0.29, 0.717) is 16.4 Å². The summed E-state index contributed by atoms with van der Waals surface area (Å²) in [7, 11) is 0. The molecule has 1 heterocycles. The number of rotatable bonds is 3. The molecule has 0 atom stereocenters. The average Bonchev–Trinajstić information content (AvgIpc) is 2.88. The summed E-state index contributed by atoms with van der Waals surface area (Å²) in [5.74, 6) is 1.12. The van der Waals surface area contributed by atoms with Crippen LogP contribution in [0.3, 0.4) is 0 Å². The molecule has 0 radical (unpaired) electrons. The van der Waals surface area contributed by atoms with Crippen LogP contribution >= 0.6 is 11.8 Å². The van der Waals surface area contributed by atoms with Crippen LogP contribution in [-0.2, 0) is 11.9 Å². The highest BCUT2D eigenvalue weighted by Crippen LogP contribution is 2.35. The zero-order chi connectivity index (χ0) is 13.9. The van der Waals surface area contributed by atoms with Crippen molar-refractivity contribution in [2.75, 3.05) is 0 Å². The van der Waals surface area contributed by atoms with E-state index in [-0.39, 0.29) is 5.56 Å². The number of hydrogen-bond acceptors (Lipinski definition) is 3. The van der Waals surface area contributed by atoms with Gasteiger partial charge in [-0.15, -0.1) is 11.8 Å². The summed E-state index contributed by atoms with van der Waals surface area (Å²) in [6.07, 6.45) is -3.01. The molecule has 1 aromatic carbocycles. The lowest BCUT2D eigenvalue weighted by Crippen LogP contribution is -2.07. The molecule has 0 amide bonds. The molecule has 2 aromatic rings. The van der Waals surface area contributed by atoms with Gasteiger partial charge in [0.25, 0.3) is 0 Å². The fourth-order valence-electron chi connectivity index (χ4n) is 1.49. The molecule has 19 heavy (non-hydrogen) atoms. The number of nitriles is 1. The van der Waals surface area contributed by atoms with Crippen molar-refractivity contribution < 1.29 is 17.6 Å². The van der Waals surface area contributed by atoms with Crippen LogP contribution in [0.25, 0.3) is 0 Å². The summed E-state index contributed by atoms with van der Waals surface area (Å²) in [6.45, 7) is 0. The Hall–Kier alpha value is -1.87. The molecular weight excluding hydrogens is 275 g/mol. The molecule has 0 fully saturated rings. The Balaban J connectivity index is 2.21. The van der Waals surface area contributed by atoms with Crippen LogP contribution in [-0.4, -0.2) is 0 Å². The molecule has 6 heteroatoms. The van der Waals surface area contributed by atoms with Gasteiger partial charge in [-0.25, -0.2) is 0 Å². The number of thioether (sulfide) groups is 1. The van der Waals surface area contributed by atoms with E-state index in [1.807, 2.05) is 0 Å². The van der Waals surface area contributed by atoms with Crippen LogP contribution in [0.15, 0.2) is 45.9 Å². The van der Waals surface area contributed by atoms with Crippen LogP contribution < -0.4 is 0 Å². The van der Waals surface area contributed by atoms with Gasteiger partial charge in [0, 0.05) is 4.90 Å². The molecule has 0 saturated carbocycles. The van der Waals surface area contributed by atoms with Crippen molar-refractivity contribution in [3.8, 4) is 6.07 Å². The fourth-order valence-corrected chi connectivity index (χ4v) is 2.33. The molecule has 0 spiro atoms. The third-order valence-electron chi connectivity index (χ3n) is 2.38. The van der Waals surface area contributed by atoms with Crippen molar-refractivity contribution in [3.05, 3.63) is 53.5 Å². The van der Waals surface area contributed by atoms with E-state index >= 15 is 0 Å². The number of alkyl halides is 3. The summed E-state index contributed by atoms with van der Waals surface area (Å²) in [6, 6.07) is 8.70. The van der Waals surface area contributed by atoms with Crippen LogP contribution in [0.5, 0.6) is 0 Å². The highest BCUT2D eigenvalue weighted by atomic mass is 32.2. The first kappa shape index (κ1) is 13.6. The predicted molar refractivity (Wildman–Crippen MR) is 64.4 cm³/mol. The molecule has 0 unspecified atom stereocenters. The normalized spacial score (nSPS) is 11.3. The Morgan fingerprint density at radius 3 is 2.63 bits per heavy atom. The summed E-state index contributed by atoms with van der Waals surface area (Å²) < 4.78 is 43.4. The van der Waals surface area contributed by atoms with Gasteiger partial charge >= 0.3 is 6.18 Å². The quantitative estimate of drug-likeness (QED) is 0.780. The van der Waals surface area contributed by atoms with Crippen LogP contribution in [0.2, 0.25) is 0 Å². The summed E-state index contributed by atoms with van der Waals surface area (Å²) in [5, 5.41) is 8.68. The SMILES string of the molecule is N#Cc1ccc(SCc2ccco2)cc1C(F)(F)F. The molecule has 1 aromatic heterocycles. The Morgan fingerprint density at radius 1 is 1.26 bits per heavy atom. The molecule has 2 nitrogen and oxygen atoms in total. The van der Waals surface area contributed by atoms with E-state index in [1.54, 1.807) is 18.2 Å². The monoisotopic (exact) mass is 283 g/mol. The van der Waals surface area contributed by atoms with E-state index in [4.69, 9.17) is 9.68 Å². The van der Waals surface area contributed by atoms with E-state index in [2.05, 4.69) is 0 Å². The molecule has 0 aliphatic heterocycles. The first-order valence-electron chi connectivity index (χ1n) is 5.27. The largest absolute Gasteiger partial charge is 0.468 e. The van der Waals surface area contributed by atoms with Gasteiger partial charge in [0.2, 0.25) is 0 Å². The second kappa shape index (κ2) is 5.41. The van der Waals surface area contributed by atoms with Gasteiger partial charge in [0.1, 0.15) is 5.76 Å². The zero-order valence-electron chi connectivity index (χ0n) is 9.57. The lowest BCUT2D eigenvalue weighted by atomic mass is 10.1. The highest BCUT2D eigenvalue weighted by molar-refractivity contribution is 7.98. The standard InChI is InChI=1S/C13H8F3NOS/c14-13(15,16)12-6-11(4-3-9(12)7-17)19-8-10-2-1-5-18-10/h1-6H,8H2. The molecule has 0 aliphatic rings. The topological polar surface area (TPSA) is 36.9 Å². The number of furan rings is 1. The maximum Gasteiger partial charge on any atom is 0.417 e. The number of halogens is 3. The molecule has 0 bridgehead atoms. The minimum absolute atomic E-state index is 0.366. The van der Waals surface area contributed by atoms with Crippen LogP contribution in [0, 0.1) is 11.3 Å². The Morgan fingerprint density at radius 2 is 2.05 bits per heavy atom. The van der Waals surface area contributed by atoms with Gasteiger partial charge in [0.05, 0.1) is 29.2 Å². The van der Waals surface area contributed by atoms with Gasteiger partial charge in [-0.3, -0.25) is 0 Å². The summed E-state index contributed by atoms with van der Waals surface area (Å²) in [5.41, 5.74) is -1.27. The minimum atomic E-state index is -4.52. The minimum Gasteiger partial charge on any atom is -0.468 e. The maximum atomic E-state index is 12.8. The molecular formula is C13H8F3NOS. The Bertz CT molecular complexity index is 599. The van der Waals surface area contributed by atoms with Crippen molar-refractivity contribution in [3.63, 3.8) is 0 Å². The molecule has 2 rings (SSSR count). The third-order valence-corrected chi connectivity index (χ3v) is 3.39. The summed E-state index contributed by atoms with van der Waals surface area (Å²) >= 11 is 1.22. The summed E-state index contributed by atoms with van der Waals surface area (Å²) in [4.78, 5) is 0.447. The first-order valence-corrected chi connectivity index (χ1v) is 6.26. The molecule has 0 saturated heterocycles. The first-order chi connectivity index (χ1) is 9.00. The van der Waals surface area contributed by atoms with E-state index in [9.17, 15) is 13.2 Å². The van der Waals surface area contributed by atoms with Gasteiger partial charge in [-0.05, 0) is 30.3 Å². The van der Waals surface area contributed by atoms with Gasteiger partial charge in [-0.1, -0.05) is 0 Å². The lowest BCUT2D eigenvalue weighted by Gasteiger charge is -2.10. The van der Waals surface area contributed by atoms with Gasteiger partial charge < -0.3 is 4.42 Å². The van der Waals surface area contributed by atoms with Crippen LogP contribution in [0.1, 0.15) is 16.9 Å². The number of benzene rings is 1. The number of hydrogen-bond donors (Lipinski definition) is 0. The number of nitrogens with zero attached hydrogens (tertiary/aromatic N) is 1. The second-order valence-electron chi connectivity index (χ2n) is 3.68. The van der Waals surface area contributed by atoms with Crippen LogP contribution in [0.4, 0.5) is 13.2 Å². The van der Waals surface area contributed by atoms with E-state index < -0.39 is 11.7 Å². The van der Waals surface area contributed by atoms with E-state index in [1.165, 1.54) is 30.2 Å². The molecule has 0 aliphatic carbocycles. The Kier molecular flexibility index (Phi) is 3.86. The van der Waals surface area contributed by atoms with Gasteiger partial charge in [0.15, 0.2) is 0 Å².